The number of methoxy groups -OCH3 is 1. The first-order chi connectivity index (χ1) is 21.8. The maximum atomic E-state index is 13.0. The summed E-state index contributed by atoms with van der Waals surface area (Å²) in [6.45, 7) is 5.96. The van der Waals surface area contributed by atoms with Crippen molar-refractivity contribution < 1.29 is 66.7 Å². The summed E-state index contributed by atoms with van der Waals surface area (Å²) in [6.07, 6.45) is -6.99. The lowest BCUT2D eigenvalue weighted by Crippen LogP contribution is -2.63. The van der Waals surface area contributed by atoms with Crippen LogP contribution in [0, 0.1) is 0 Å². The Morgan fingerprint density at radius 3 is 1.87 bits per heavy atom. The lowest BCUT2D eigenvalue weighted by atomic mass is 9.98. The van der Waals surface area contributed by atoms with Gasteiger partial charge >= 0.3 is 29.8 Å². The number of carbonyl (C=O) groups excluding carboxylic acids is 6. The van der Waals surface area contributed by atoms with E-state index in [2.05, 4.69) is 5.32 Å². The van der Waals surface area contributed by atoms with Crippen LogP contribution in [0.3, 0.4) is 0 Å². The van der Waals surface area contributed by atoms with Crippen molar-refractivity contribution in [1.82, 2.24) is 0 Å². The predicted octanol–water partition coefficient (Wildman–Crippen LogP) is 2.59. The maximum Gasteiger partial charge on any atom is 0.338 e. The third-order valence-electron chi connectivity index (χ3n) is 6.27. The number of rotatable bonds is 12. The molecule has 0 aliphatic carbocycles. The Bertz CT molecular complexity index is 1440. The fourth-order valence-corrected chi connectivity index (χ4v) is 4.42. The van der Waals surface area contributed by atoms with Crippen LogP contribution in [-0.4, -0.2) is 86.8 Å². The highest BCUT2D eigenvalue weighted by Gasteiger charge is 2.53. The number of anilines is 1. The van der Waals surface area contributed by atoms with Gasteiger partial charge in [-0.2, -0.15) is 0 Å². The molecule has 0 radical (unpaired) electrons. The van der Waals surface area contributed by atoms with Gasteiger partial charge in [0.15, 0.2) is 23.7 Å². The van der Waals surface area contributed by atoms with Gasteiger partial charge in [0.1, 0.15) is 12.7 Å². The molecule has 0 saturated carbocycles. The number of hydrogen-bond acceptors (Lipinski definition) is 14. The van der Waals surface area contributed by atoms with Gasteiger partial charge in [-0.3, -0.25) is 24.0 Å². The average molecular weight is 646 g/mol. The predicted molar refractivity (Wildman–Crippen MR) is 156 cm³/mol. The van der Waals surface area contributed by atoms with Crippen LogP contribution in [0.4, 0.5) is 5.69 Å². The minimum absolute atomic E-state index is 0.0266. The highest BCUT2D eigenvalue weighted by Crippen LogP contribution is 2.35. The van der Waals surface area contributed by atoms with Crippen LogP contribution in [-0.2, 0) is 47.6 Å². The van der Waals surface area contributed by atoms with Crippen molar-refractivity contribution >= 4 is 41.4 Å². The van der Waals surface area contributed by atoms with Gasteiger partial charge in [-0.25, -0.2) is 4.79 Å². The molecule has 0 bridgehead atoms. The molecule has 1 aliphatic rings. The van der Waals surface area contributed by atoms with E-state index in [1.54, 1.807) is 19.1 Å². The van der Waals surface area contributed by atoms with E-state index in [9.17, 15) is 28.8 Å². The van der Waals surface area contributed by atoms with Crippen LogP contribution in [0.2, 0.25) is 0 Å². The molecule has 248 valence electrons. The molecule has 1 heterocycles. The molecule has 15 heteroatoms. The van der Waals surface area contributed by atoms with Crippen LogP contribution in [0.25, 0.3) is 0 Å². The van der Waals surface area contributed by atoms with Gasteiger partial charge in [0.05, 0.1) is 19.3 Å². The number of amides is 1. The number of nitrogens with one attached hydrogen (secondary N) is 1. The van der Waals surface area contributed by atoms with E-state index in [1.807, 2.05) is 0 Å². The molecular weight excluding hydrogens is 610 g/mol. The zero-order valence-electron chi connectivity index (χ0n) is 26.1. The Morgan fingerprint density at radius 2 is 1.30 bits per heavy atom. The van der Waals surface area contributed by atoms with E-state index in [4.69, 9.17) is 37.9 Å². The fourth-order valence-electron chi connectivity index (χ4n) is 4.42. The summed E-state index contributed by atoms with van der Waals surface area (Å²) < 4.78 is 43.6. The van der Waals surface area contributed by atoms with Crippen LogP contribution < -0.4 is 14.8 Å². The van der Waals surface area contributed by atoms with Crippen LogP contribution in [0.1, 0.15) is 55.3 Å². The van der Waals surface area contributed by atoms with Crippen LogP contribution >= 0.6 is 0 Å². The molecule has 15 nitrogen and oxygen atoms in total. The molecule has 5 atom stereocenters. The first kappa shape index (κ1) is 35.3. The molecule has 1 aliphatic heterocycles. The molecule has 2 aromatic carbocycles. The zero-order valence-corrected chi connectivity index (χ0v) is 26.1. The summed E-state index contributed by atoms with van der Waals surface area (Å²) in [5.74, 6) is -3.94. The van der Waals surface area contributed by atoms with E-state index in [1.165, 1.54) is 37.4 Å². The first-order valence-electron chi connectivity index (χ1n) is 14.1. The Hall–Kier alpha value is -5.18. The number of ether oxygens (including phenoxy) is 8. The summed E-state index contributed by atoms with van der Waals surface area (Å²) >= 11 is 0. The molecule has 0 aromatic heterocycles. The van der Waals surface area contributed by atoms with Crippen molar-refractivity contribution in [3.63, 3.8) is 0 Å². The topological polar surface area (TPSA) is 188 Å². The monoisotopic (exact) mass is 645 g/mol. The highest BCUT2D eigenvalue weighted by molar-refractivity contribution is 6.05. The molecule has 46 heavy (non-hydrogen) atoms. The third kappa shape index (κ3) is 9.66. The second-order valence-corrected chi connectivity index (χ2v) is 9.80. The van der Waals surface area contributed by atoms with Crippen molar-refractivity contribution in [2.24, 2.45) is 0 Å². The number of esters is 5. The smallest absolute Gasteiger partial charge is 0.338 e. The minimum atomic E-state index is -1.51. The Kier molecular flexibility index (Phi) is 12.4. The van der Waals surface area contributed by atoms with Gasteiger partial charge in [-0.15, -0.1) is 0 Å². The lowest BCUT2D eigenvalue weighted by Gasteiger charge is -2.44. The lowest BCUT2D eigenvalue weighted by molar-refractivity contribution is -0.288. The largest absolute Gasteiger partial charge is 0.493 e. The normalized spacial score (nSPS) is 20.3. The minimum Gasteiger partial charge on any atom is -0.493 e. The molecule has 1 saturated heterocycles. The van der Waals surface area contributed by atoms with Gasteiger partial charge in [0.2, 0.25) is 12.4 Å². The van der Waals surface area contributed by atoms with E-state index in [0.29, 0.717) is 11.3 Å². The van der Waals surface area contributed by atoms with E-state index >= 15 is 0 Å². The Labute approximate surface area is 264 Å². The molecular formula is C31H35NO14. The van der Waals surface area contributed by atoms with Crippen molar-refractivity contribution in [3.05, 3.63) is 53.6 Å². The van der Waals surface area contributed by atoms with E-state index in [-0.39, 0.29) is 23.7 Å². The second-order valence-electron chi connectivity index (χ2n) is 9.80. The number of carbonyl (C=O) groups is 6. The van der Waals surface area contributed by atoms with Crippen LogP contribution in [0.15, 0.2) is 42.5 Å². The second kappa shape index (κ2) is 16.2. The molecule has 0 unspecified atom stereocenters. The van der Waals surface area contributed by atoms with Gasteiger partial charge in [0.25, 0.3) is 5.91 Å². The first-order valence-corrected chi connectivity index (χ1v) is 14.1. The molecule has 3 rings (SSSR count). The summed E-state index contributed by atoms with van der Waals surface area (Å²) in [4.78, 5) is 72.6. The number of hydrogen-bond donors (Lipinski definition) is 1. The average Bonchev–Trinajstić information content (AvgIpc) is 2.99. The Morgan fingerprint density at radius 1 is 0.717 bits per heavy atom. The van der Waals surface area contributed by atoms with E-state index < -0.39 is 73.1 Å². The standard InChI is InChI=1S/C31H35NO14/c1-7-40-30(38)20-8-11-22(12-9-20)32-29(37)21-10-13-23(24(14-21)39-6)45-31-28(44-19(5)36)27(43-18(4)35)26(42-17(3)34)25(46-31)15-41-16(2)33/h8-14,25-28,31H,7,15H2,1-6H3,(H,32,37)/t25-,26+,27+,28+,31-/m0/s1. The summed E-state index contributed by atoms with van der Waals surface area (Å²) in [5.41, 5.74) is 0.903. The summed E-state index contributed by atoms with van der Waals surface area (Å²) in [6, 6.07) is 10.3. The fraction of sp³-hybridized carbons (Fsp3) is 0.419. The Balaban J connectivity index is 1.90. The SMILES string of the molecule is CCOC(=O)c1ccc(NC(=O)c2ccc(O[C@H]3O[C@@H](COC(C)=O)[C@@H](OC(C)=O)[C@@H](OC(C)=O)[C@H]3OC(C)=O)c(OC)c2)cc1. The van der Waals surface area contributed by atoms with Gasteiger partial charge in [-0.1, -0.05) is 0 Å². The van der Waals surface area contributed by atoms with Gasteiger partial charge < -0.3 is 43.2 Å². The zero-order chi connectivity index (χ0) is 34.0. The van der Waals surface area contributed by atoms with Gasteiger partial charge in [-0.05, 0) is 49.4 Å². The van der Waals surface area contributed by atoms with Crippen molar-refractivity contribution in [2.75, 3.05) is 25.6 Å². The molecule has 1 amide bonds. The third-order valence-corrected chi connectivity index (χ3v) is 6.27. The van der Waals surface area contributed by atoms with Crippen molar-refractivity contribution in [2.45, 2.75) is 65.3 Å². The van der Waals surface area contributed by atoms with Crippen molar-refractivity contribution in [1.29, 1.82) is 0 Å². The highest BCUT2D eigenvalue weighted by atomic mass is 16.7. The molecule has 1 fully saturated rings. The maximum absolute atomic E-state index is 13.0. The summed E-state index contributed by atoms with van der Waals surface area (Å²) in [7, 11) is 1.32. The quantitative estimate of drug-likeness (QED) is 0.262. The van der Waals surface area contributed by atoms with Gasteiger partial charge in [0, 0.05) is 38.9 Å². The van der Waals surface area contributed by atoms with Crippen LogP contribution in [0.5, 0.6) is 11.5 Å². The number of benzene rings is 2. The molecule has 0 spiro atoms. The summed E-state index contributed by atoms with van der Waals surface area (Å²) in [5, 5.41) is 2.71. The molecule has 2 aromatic rings. The molecule has 1 N–H and O–H groups in total. The van der Waals surface area contributed by atoms with Crippen molar-refractivity contribution in [3.8, 4) is 11.5 Å². The van der Waals surface area contributed by atoms with E-state index in [0.717, 1.165) is 27.7 Å².